The molecule has 1 amide bonds. The number of guanidine groups is 1. The molecule has 8 heteroatoms. The third kappa shape index (κ3) is 7.12. The highest BCUT2D eigenvalue weighted by Crippen LogP contribution is 2.19. The summed E-state index contributed by atoms with van der Waals surface area (Å²) in [7, 11) is 1.75. The number of nitrogens with zero attached hydrogens (tertiary/aromatic N) is 2. The van der Waals surface area contributed by atoms with E-state index in [4.69, 9.17) is 23.2 Å². The minimum atomic E-state index is 0. The third-order valence-corrected chi connectivity index (χ3v) is 4.62. The first-order valence-electron chi connectivity index (χ1n) is 8.60. The van der Waals surface area contributed by atoms with Crippen LogP contribution in [0, 0.1) is 5.92 Å². The predicted octanol–water partition coefficient (Wildman–Crippen LogP) is 3.58. The van der Waals surface area contributed by atoms with Gasteiger partial charge in [0, 0.05) is 48.7 Å². The van der Waals surface area contributed by atoms with Gasteiger partial charge in [-0.15, -0.1) is 24.0 Å². The Kier molecular flexibility index (Phi) is 10.0. The molecule has 1 saturated heterocycles. The number of hydrogen-bond donors (Lipinski definition) is 2. The first-order valence-corrected chi connectivity index (χ1v) is 9.35. The van der Waals surface area contributed by atoms with Crippen molar-refractivity contribution in [2.24, 2.45) is 10.9 Å². The summed E-state index contributed by atoms with van der Waals surface area (Å²) in [5.74, 6) is 1.00. The largest absolute Gasteiger partial charge is 0.356 e. The van der Waals surface area contributed by atoms with E-state index in [0.717, 1.165) is 44.0 Å². The first kappa shape index (κ1) is 23.3. The molecular formula is C18H27Cl2IN4O. The molecule has 5 nitrogen and oxygen atoms in total. The molecule has 1 aliphatic heterocycles. The summed E-state index contributed by atoms with van der Waals surface area (Å²) in [5.41, 5.74) is 1.08. The molecule has 26 heavy (non-hydrogen) atoms. The van der Waals surface area contributed by atoms with E-state index in [2.05, 4.69) is 15.6 Å². The highest BCUT2D eigenvalue weighted by Gasteiger charge is 2.27. The number of benzene rings is 1. The molecule has 0 spiro atoms. The van der Waals surface area contributed by atoms with E-state index in [9.17, 15) is 4.79 Å². The second kappa shape index (κ2) is 11.2. The summed E-state index contributed by atoms with van der Waals surface area (Å²) in [4.78, 5) is 18.2. The number of likely N-dealkylation sites (tertiary alicyclic amines) is 1. The molecule has 1 aromatic rings. The van der Waals surface area contributed by atoms with Crippen LogP contribution in [0.5, 0.6) is 0 Å². The lowest BCUT2D eigenvalue weighted by Gasteiger charge is -2.20. The molecule has 1 aliphatic rings. The number of aliphatic imine (C=N–C) groups is 1. The normalized spacial score (nSPS) is 17.2. The van der Waals surface area contributed by atoms with Gasteiger partial charge in [-0.3, -0.25) is 9.79 Å². The van der Waals surface area contributed by atoms with Gasteiger partial charge >= 0.3 is 0 Å². The Morgan fingerprint density at radius 3 is 2.54 bits per heavy atom. The summed E-state index contributed by atoms with van der Waals surface area (Å²) in [6, 6.07) is 5.79. The van der Waals surface area contributed by atoms with E-state index >= 15 is 0 Å². The molecule has 2 rings (SSSR count). The molecule has 0 aromatic heterocycles. The van der Waals surface area contributed by atoms with Gasteiger partial charge in [0.2, 0.25) is 5.91 Å². The fraction of sp³-hybridized carbons (Fsp3) is 0.556. The van der Waals surface area contributed by atoms with Crippen LogP contribution < -0.4 is 10.6 Å². The zero-order valence-corrected chi connectivity index (χ0v) is 19.2. The molecule has 0 saturated carbocycles. The van der Waals surface area contributed by atoms with Crippen molar-refractivity contribution < 1.29 is 4.79 Å². The van der Waals surface area contributed by atoms with Crippen LogP contribution in [0.25, 0.3) is 0 Å². The molecule has 1 unspecified atom stereocenters. The second-order valence-corrected chi connectivity index (χ2v) is 7.47. The van der Waals surface area contributed by atoms with Gasteiger partial charge in [0.05, 0.1) is 0 Å². The van der Waals surface area contributed by atoms with Gasteiger partial charge in [-0.2, -0.15) is 0 Å². The van der Waals surface area contributed by atoms with Gasteiger partial charge in [0.25, 0.3) is 0 Å². The molecule has 1 fully saturated rings. The topological polar surface area (TPSA) is 56.7 Å². The van der Waals surface area contributed by atoms with Gasteiger partial charge < -0.3 is 15.5 Å². The smallest absolute Gasteiger partial charge is 0.225 e. The lowest BCUT2D eigenvalue weighted by Crippen LogP contribution is -2.45. The van der Waals surface area contributed by atoms with Crippen molar-refractivity contribution in [1.82, 2.24) is 15.5 Å². The van der Waals surface area contributed by atoms with Crippen LogP contribution in [-0.4, -0.2) is 49.5 Å². The van der Waals surface area contributed by atoms with Gasteiger partial charge in [-0.05, 0) is 36.6 Å². The Hall–Kier alpha value is -0.730. The molecule has 0 bridgehead atoms. The monoisotopic (exact) mass is 512 g/mol. The van der Waals surface area contributed by atoms with Crippen LogP contribution in [0.4, 0.5) is 0 Å². The number of rotatable bonds is 5. The summed E-state index contributed by atoms with van der Waals surface area (Å²) in [6.07, 6.45) is 1.73. The third-order valence-electron chi connectivity index (χ3n) is 4.19. The zero-order chi connectivity index (χ0) is 18.4. The van der Waals surface area contributed by atoms with Gasteiger partial charge in [-0.25, -0.2) is 0 Å². The lowest BCUT2D eigenvalue weighted by molar-refractivity contribution is -0.133. The summed E-state index contributed by atoms with van der Waals surface area (Å²) < 4.78 is 0. The zero-order valence-electron chi connectivity index (χ0n) is 15.4. The lowest BCUT2D eigenvalue weighted by atomic mass is 10.1. The Morgan fingerprint density at radius 2 is 1.96 bits per heavy atom. The second-order valence-electron chi connectivity index (χ2n) is 6.60. The SMILES string of the molecule is CN=C(NCCc1cc(Cl)cc(Cl)c1)NC1CCN(C(=O)C(C)C)C1.I. The van der Waals surface area contributed by atoms with Gasteiger partial charge in [0.15, 0.2) is 5.96 Å². The molecule has 0 radical (unpaired) electrons. The van der Waals surface area contributed by atoms with Crippen LogP contribution in [-0.2, 0) is 11.2 Å². The van der Waals surface area contributed by atoms with Crippen LogP contribution in [0.15, 0.2) is 23.2 Å². The highest BCUT2D eigenvalue weighted by atomic mass is 127. The number of carbonyl (C=O) groups excluding carboxylic acids is 1. The molecule has 0 aliphatic carbocycles. The van der Waals surface area contributed by atoms with Crippen molar-refractivity contribution in [3.8, 4) is 0 Å². The van der Waals surface area contributed by atoms with E-state index in [-0.39, 0.29) is 41.8 Å². The van der Waals surface area contributed by atoms with Crippen LogP contribution >= 0.6 is 47.2 Å². The standard InChI is InChI=1S/C18H26Cl2N4O.HI/c1-12(2)17(25)24-7-5-16(11-24)23-18(21-3)22-6-4-13-8-14(19)10-15(20)9-13;/h8-10,12,16H,4-7,11H2,1-3H3,(H2,21,22,23);1H. The summed E-state index contributed by atoms with van der Waals surface area (Å²) in [6.45, 7) is 6.11. The average molecular weight is 513 g/mol. The Labute approximate surface area is 182 Å². The van der Waals surface area contributed by atoms with Crippen molar-refractivity contribution in [2.45, 2.75) is 32.7 Å². The Morgan fingerprint density at radius 1 is 1.31 bits per heavy atom. The van der Waals surface area contributed by atoms with Crippen molar-refractivity contribution in [1.29, 1.82) is 0 Å². The minimum absolute atomic E-state index is 0. The predicted molar refractivity (Wildman–Crippen MR) is 120 cm³/mol. The Bertz CT molecular complexity index is 619. The van der Waals surface area contributed by atoms with E-state index in [0.29, 0.717) is 10.0 Å². The fourth-order valence-corrected chi connectivity index (χ4v) is 3.48. The maximum Gasteiger partial charge on any atom is 0.225 e. The van der Waals surface area contributed by atoms with E-state index in [1.807, 2.05) is 30.9 Å². The van der Waals surface area contributed by atoms with Crippen molar-refractivity contribution in [2.75, 3.05) is 26.7 Å². The molecule has 146 valence electrons. The maximum atomic E-state index is 12.1. The summed E-state index contributed by atoms with van der Waals surface area (Å²) in [5, 5.41) is 7.98. The number of nitrogens with one attached hydrogen (secondary N) is 2. The van der Waals surface area contributed by atoms with E-state index < -0.39 is 0 Å². The van der Waals surface area contributed by atoms with Crippen molar-refractivity contribution in [3.63, 3.8) is 0 Å². The highest BCUT2D eigenvalue weighted by molar-refractivity contribution is 14.0. The maximum absolute atomic E-state index is 12.1. The van der Waals surface area contributed by atoms with Crippen LogP contribution in [0.2, 0.25) is 10.0 Å². The molecular weight excluding hydrogens is 486 g/mol. The van der Waals surface area contributed by atoms with Crippen molar-refractivity contribution >= 4 is 59.0 Å². The molecule has 1 atom stereocenters. The first-order chi connectivity index (χ1) is 11.9. The number of amides is 1. The number of hydrogen-bond acceptors (Lipinski definition) is 2. The van der Waals surface area contributed by atoms with Crippen LogP contribution in [0.3, 0.4) is 0 Å². The van der Waals surface area contributed by atoms with Gasteiger partial charge in [-0.1, -0.05) is 37.0 Å². The van der Waals surface area contributed by atoms with Crippen molar-refractivity contribution in [3.05, 3.63) is 33.8 Å². The van der Waals surface area contributed by atoms with E-state index in [1.54, 1.807) is 13.1 Å². The number of halogens is 3. The minimum Gasteiger partial charge on any atom is -0.356 e. The Balaban J connectivity index is 0.00000338. The average Bonchev–Trinajstić information content (AvgIpc) is 3.00. The van der Waals surface area contributed by atoms with Gasteiger partial charge in [0.1, 0.15) is 0 Å². The molecule has 2 N–H and O–H groups in total. The number of carbonyl (C=O) groups is 1. The molecule has 1 heterocycles. The summed E-state index contributed by atoms with van der Waals surface area (Å²) >= 11 is 12.0. The quantitative estimate of drug-likeness (QED) is 0.360. The van der Waals surface area contributed by atoms with E-state index in [1.165, 1.54) is 0 Å². The molecule has 1 aromatic carbocycles. The fourth-order valence-electron chi connectivity index (χ4n) is 2.91. The van der Waals surface area contributed by atoms with Crippen LogP contribution in [0.1, 0.15) is 25.8 Å².